The maximum atomic E-state index is 4.60. The van der Waals surface area contributed by atoms with Crippen molar-refractivity contribution < 1.29 is 0 Å². The van der Waals surface area contributed by atoms with Crippen LogP contribution in [0.4, 0.5) is 5.69 Å². The van der Waals surface area contributed by atoms with Crippen molar-refractivity contribution in [1.82, 2.24) is 0 Å². The van der Waals surface area contributed by atoms with Crippen LogP contribution in [0.3, 0.4) is 0 Å². The first-order valence-electron chi connectivity index (χ1n) is 16.8. The molecule has 240 valence electrons. The number of unbranched alkanes of at least 4 members (excludes halogenated alkanes) is 2. The standard InChI is InChI=1S/C19H33N.C19H22.C3H4.C2H4/c1-5-8-9-11-17(4)18-12-10-13-19(16-18)20(14-6-2)15-7-3;1-15(2)9-8-12-17-11-5-7-14-19(17)18-13-6-4-10-16(18)3;1-3-2;1-2/h10,12-13,16-17H,5-9,11,14-15H2,1-4H3;4-7,10-11,13-14H,1,8-9,12H2,2-3H3;1H,2H3;1-2H2. The Morgan fingerprint density at radius 3 is 1.98 bits per heavy atom. The second-order valence-electron chi connectivity index (χ2n) is 11.6. The molecular formula is C43H63N. The number of anilines is 1. The van der Waals surface area contributed by atoms with Gasteiger partial charge in [0.2, 0.25) is 0 Å². The van der Waals surface area contributed by atoms with E-state index in [1.807, 2.05) is 0 Å². The van der Waals surface area contributed by atoms with Crippen LogP contribution in [-0.2, 0) is 6.42 Å². The van der Waals surface area contributed by atoms with Gasteiger partial charge in [0.1, 0.15) is 0 Å². The van der Waals surface area contributed by atoms with Gasteiger partial charge in [-0.2, -0.15) is 0 Å². The van der Waals surface area contributed by atoms with Crippen molar-refractivity contribution in [1.29, 1.82) is 0 Å². The summed E-state index contributed by atoms with van der Waals surface area (Å²) in [6.07, 6.45) is 15.8. The highest BCUT2D eigenvalue weighted by atomic mass is 15.1. The quantitative estimate of drug-likeness (QED) is 0.0962. The summed E-state index contributed by atoms with van der Waals surface area (Å²) >= 11 is 0. The predicted octanol–water partition coefficient (Wildman–Crippen LogP) is 13.0. The minimum Gasteiger partial charge on any atom is -0.372 e. The Morgan fingerprint density at radius 1 is 0.818 bits per heavy atom. The first-order chi connectivity index (χ1) is 21.3. The number of hydrogen-bond donors (Lipinski definition) is 0. The second-order valence-corrected chi connectivity index (χ2v) is 11.6. The second kappa shape index (κ2) is 25.9. The molecule has 0 aliphatic carbocycles. The maximum Gasteiger partial charge on any atom is 0.0369 e. The van der Waals surface area contributed by atoms with Crippen molar-refractivity contribution in [2.45, 2.75) is 112 Å². The van der Waals surface area contributed by atoms with Crippen LogP contribution in [0, 0.1) is 19.3 Å². The summed E-state index contributed by atoms with van der Waals surface area (Å²) in [5.74, 6) is 2.94. The fourth-order valence-corrected chi connectivity index (χ4v) is 5.26. The van der Waals surface area contributed by atoms with Gasteiger partial charge < -0.3 is 4.90 Å². The Hall–Kier alpha value is -3.50. The van der Waals surface area contributed by atoms with Gasteiger partial charge in [-0.05, 0) is 105 Å². The molecule has 44 heavy (non-hydrogen) atoms. The van der Waals surface area contributed by atoms with E-state index in [1.165, 1.54) is 97.1 Å². The fourth-order valence-electron chi connectivity index (χ4n) is 5.26. The number of aryl methyl sites for hydroxylation is 2. The third-order valence-corrected chi connectivity index (χ3v) is 7.53. The van der Waals surface area contributed by atoms with Crippen molar-refractivity contribution in [2.75, 3.05) is 18.0 Å². The Kier molecular flexibility index (Phi) is 23.9. The van der Waals surface area contributed by atoms with Gasteiger partial charge in [0.05, 0.1) is 0 Å². The molecule has 0 bridgehead atoms. The van der Waals surface area contributed by atoms with Crippen LogP contribution in [0.2, 0.25) is 0 Å². The lowest BCUT2D eigenvalue weighted by atomic mass is 9.93. The van der Waals surface area contributed by atoms with Crippen molar-refractivity contribution in [3.8, 4) is 23.5 Å². The topological polar surface area (TPSA) is 3.24 Å². The Balaban J connectivity index is 0.000000734. The smallest absolute Gasteiger partial charge is 0.0369 e. The first-order valence-corrected chi connectivity index (χ1v) is 16.8. The normalized spacial score (nSPS) is 10.4. The highest BCUT2D eigenvalue weighted by molar-refractivity contribution is 5.70. The molecule has 1 heteroatoms. The largest absolute Gasteiger partial charge is 0.372 e. The molecule has 0 amide bonds. The molecule has 0 saturated heterocycles. The van der Waals surface area contributed by atoms with E-state index in [0.717, 1.165) is 12.8 Å². The molecule has 0 aromatic heterocycles. The zero-order chi connectivity index (χ0) is 33.2. The molecule has 0 heterocycles. The lowest BCUT2D eigenvalue weighted by molar-refractivity contribution is 0.598. The summed E-state index contributed by atoms with van der Waals surface area (Å²) in [4.78, 5) is 2.53. The van der Waals surface area contributed by atoms with Crippen LogP contribution in [0.15, 0.2) is 98.1 Å². The van der Waals surface area contributed by atoms with Gasteiger partial charge >= 0.3 is 0 Å². The van der Waals surface area contributed by atoms with Gasteiger partial charge in [-0.25, -0.2) is 0 Å². The molecule has 1 atom stereocenters. The highest BCUT2D eigenvalue weighted by Gasteiger charge is 2.10. The number of nitrogens with zero attached hydrogens (tertiary/aromatic N) is 1. The maximum absolute atomic E-state index is 4.60. The van der Waals surface area contributed by atoms with E-state index in [1.54, 1.807) is 6.92 Å². The van der Waals surface area contributed by atoms with Crippen LogP contribution >= 0.6 is 0 Å². The molecule has 1 nitrogen and oxygen atoms in total. The van der Waals surface area contributed by atoms with E-state index in [9.17, 15) is 0 Å². The van der Waals surface area contributed by atoms with Crippen molar-refractivity contribution in [3.05, 3.63) is 115 Å². The Morgan fingerprint density at radius 2 is 1.41 bits per heavy atom. The van der Waals surface area contributed by atoms with E-state index in [0.29, 0.717) is 5.92 Å². The van der Waals surface area contributed by atoms with Gasteiger partial charge in [0, 0.05) is 18.8 Å². The van der Waals surface area contributed by atoms with Crippen LogP contribution in [-0.4, -0.2) is 13.1 Å². The molecule has 0 saturated carbocycles. The van der Waals surface area contributed by atoms with Crippen molar-refractivity contribution in [3.63, 3.8) is 0 Å². The first kappa shape index (κ1) is 40.5. The van der Waals surface area contributed by atoms with Gasteiger partial charge in [0.25, 0.3) is 0 Å². The molecule has 3 aromatic rings. The molecule has 0 spiro atoms. The summed E-state index contributed by atoms with van der Waals surface area (Å²) < 4.78 is 0. The minimum atomic E-state index is 0.687. The zero-order valence-electron chi connectivity index (χ0n) is 29.4. The van der Waals surface area contributed by atoms with E-state index >= 15 is 0 Å². The van der Waals surface area contributed by atoms with E-state index in [2.05, 4.69) is 151 Å². The van der Waals surface area contributed by atoms with E-state index in [-0.39, 0.29) is 0 Å². The molecule has 1 unspecified atom stereocenters. The van der Waals surface area contributed by atoms with Crippen LogP contribution in [0.25, 0.3) is 11.1 Å². The van der Waals surface area contributed by atoms with Crippen LogP contribution in [0.5, 0.6) is 0 Å². The Bertz CT molecular complexity index is 1190. The predicted molar refractivity (Wildman–Crippen MR) is 202 cm³/mol. The van der Waals surface area contributed by atoms with Gasteiger partial charge in [-0.15, -0.1) is 32.1 Å². The van der Waals surface area contributed by atoms with Gasteiger partial charge in [-0.1, -0.05) is 113 Å². The third kappa shape index (κ3) is 16.4. The summed E-state index contributed by atoms with van der Waals surface area (Å²) in [6.45, 7) is 27.4. The van der Waals surface area contributed by atoms with E-state index in [4.69, 9.17) is 0 Å². The number of hydrogen-bond acceptors (Lipinski definition) is 1. The number of allylic oxidation sites excluding steroid dienone is 1. The van der Waals surface area contributed by atoms with Crippen LogP contribution < -0.4 is 4.90 Å². The molecule has 3 aromatic carbocycles. The monoisotopic (exact) mass is 593 g/mol. The number of benzene rings is 3. The van der Waals surface area contributed by atoms with Crippen LogP contribution in [0.1, 0.15) is 116 Å². The highest BCUT2D eigenvalue weighted by Crippen LogP contribution is 2.28. The molecule has 0 fully saturated rings. The molecule has 0 radical (unpaired) electrons. The average Bonchev–Trinajstić information content (AvgIpc) is 3.03. The minimum absolute atomic E-state index is 0.687. The zero-order valence-corrected chi connectivity index (χ0v) is 29.4. The Labute approximate surface area is 273 Å². The lowest BCUT2D eigenvalue weighted by Gasteiger charge is -2.25. The SMILES string of the molecule is C#CC.C=C.C=C(C)CCCc1ccccc1-c1ccccc1C.CCCCCC(C)c1cccc(N(CCC)CCC)c1. The fraction of sp³-hybridized carbons (Fsp3) is 0.442. The van der Waals surface area contributed by atoms with Gasteiger partial charge in [-0.3, -0.25) is 0 Å². The summed E-state index contributed by atoms with van der Waals surface area (Å²) in [5.41, 5.74) is 9.71. The third-order valence-electron chi connectivity index (χ3n) is 7.53. The molecule has 3 rings (SSSR count). The van der Waals surface area contributed by atoms with Gasteiger partial charge in [0.15, 0.2) is 0 Å². The average molecular weight is 594 g/mol. The summed E-state index contributed by atoms with van der Waals surface area (Å²) in [6, 6.07) is 26.6. The number of rotatable bonds is 15. The lowest BCUT2D eigenvalue weighted by Crippen LogP contribution is -2.24. The van der Waals surface area contributed by atoms with Crippen molar-refractivity contribution in [2.24, 2.45) is 0 Å². The summed E-state index contributed by atoms with van der Waals surface area (Å²) in [5, 5.41) is 0. The van der Waals surface area contributed by atoms with Crippen molar-refractivity contribution >= 4 is 5.69 Å². The molecular weight excluding hydrogens is 530 g/mol. The molecule has 0 N–H and O–H groups in total. The van der Waals surface area contributed by atoms with E-state index < -0.39 is 0 Å². The number of terminal acetylenes is 1. The molecule has 0 aliphatic rings. The summed E-state index contributed by atoms with van der Waals surface area (Å²) in [7, 11) is 0. The molecule has 0 aliphatic heterocycles.